The van der Waals surface area contributed by atoms with Crippen LogP contribution in [0.4, 0.5) is 0 Å². The lowest BCUT2D eigenvalue weighted by molar-refractivity contribution is -0.319. The number of ketones is 1. The molecular weight excluding hydrogens is 152 g/mol. The minimum atomic E-state index is -2.02. The van der Waals surface area contributed by atoms with Crippen molar-refractivity contribution in [2.24, 2.45) is 5.41 Å². The molecule has 0 aromatic rings. The Bertz CT molecular complexity index is 215. The number of carbonyl (C=O) groups excluding carboxylic acids is 3. The second kappa shape index (κ2) is 2.69. The van der Waals surface area contributed by atoms with Crippen LogP contribution in [0, 0.1) is 5.41 Å². The molecule has 0 heterocycles. The zero-order valence-electron chi connectivity index (χ0n) is 6.04. The lowest BCUT2D eigenvalue weighted by Crippen LogP contribution is -2.50. The van der Waals surface area contributed by atoms with Crippen molar-refractivity contribution in [3.05, 3.63) is 0 Å². The molecule has 0 amide bonds. The molecule has 0 saturated heterocycles. The fourth-order valence-corrected chi connectivity index (χ4v) is 0.348. The monoisotopic (exact) mass is 158 g/mol. The number of hydrogen-bond donors (Lipinski definition) is 0. The molecule has 5 heteroatoms. The maximum atomic E-state index is 10.5. The van der Waals surface area contributed by atoms with Gasteiger partial charge in [0.2, 0.25) is 0 Å². The van der Waals surface area contributed by atoms with Crippen molar-refractivity contribution in [2.75, 3.05) is 0 Å². The van der Waals surface area contributed by atoms with Gasteiger partial charge in [0.25, 0.3) is 0 Å². The Morgan fingerprint density at radius 1 is 1.09 bits per heavy atom. The van der Waals surface area contributed by atoms with Crippen LogP contribution in [0.3, 0.4) is 0 Å². The van der Waals surface area contributed by atoms with E-state index in [-0.39, 0.29) is 0 Å². The summed E-state index contributed by atoms with van der Waals surface area (Å²) in [6.07, 6.45) is 0. The van der Waals surface area contributed by atoms with Gasteiger partial charge >= 0.3 is 0 Å². The summed E-state index contributed by atoms with van der Waals surface area (Å²) in [5.74, 6) is -5.23. The van der Waals surface area contributed by atoms with Crippen molar-refractivity contribution >= 4 is 17.7 Å². The maximum absolute atomic E-state index is 10.5. The molecule has 0 aliphatic heterocycles. The van der Waals surface area contributed by atoms with Crippen molar-refractivity contribution < 1.29 is 24.6 Å². The standard InChI is InChI=1S/C6H8O5/c1-6(2,5(10)11)3(7)4(8)9/h1-2H3,(H,8,9)(H,10,11)/p-2. The number of Topliss-reactive ketones (excluding diaryl/α,β-unsaturated/α-hetero) is 1. The summed E-state index contributed by atoms with van der Waals surface area (Å²) < 4.78 is 0. The van der Waals surface area contributed by atoms with E-state index in [0.29, 0.717) is 0 Å². The third-order valence-electron chi connectivity index (χ3n) is 1.26. The van der Waals surface area contributed by atoms with Gasteiger partial charge in [0.15, 0.2) is 5.78 Å². The highest BCUT2D eigenvalue weighted by molar-refractivity contribution is 6.37. The maximum Gasteiger partial charge on any atom is 0.189 e. The molecule has 5 nitrogen and oxygen atoms in total. The van der Waals surface area contributed by atoms with Crippen LogP contribution in [0.25, 0.3) is 0 Å². The van der Waals surface area contributed by atoms with Gasteiger partial charge in [-0.25, -0.2) is 0 Å². The lowest BCUT2D eigenvalue weighted by Gasteiger charge is -2.23. The first-order valence-corrected chi connectivity index (χ1v) is 2.77. The number of carboxylic acid groups (broad SMARTS) is 2. The smallest absolute Gasteiger partial charge is 0.189 e. The molecule has 0 spiro atoms. The van der Waals surface area contributed by atoms with E-state index >= 15 is 0 Å². The molecule has 0 aliphatic carbocycles. The molecule has 0 aromatic carbocycles. The van der Waals surface area contributed by atoms with Gasteiger partial charge in [0, 0.05) is 0 Å². The molecule has 0 rings (SSSR count). The number of aliphatic carboxylic acids is 2. The zero-order valence-corrected chi connectivity index (χ0v) is 6.04. The Hall–Kier alpha value is -1.39. The van der Waals surface area contributed by atoms with E-state index in [1.165, 1.54) is 0 Å². The van der Waals surface area contributed by atoms with Crippen molar-refractivity contribution in [1.29, 1.82) is 0 Å². The molecule has 0 saturated carbocycles. The molecule has 0 bridgehead atoms. The average Bonchev–Trinajstić information content (AvgIpc) is 1.85. The molecule has 0 aromatic heterocycles. The number of carbonyl (C=O) groups is 3. The number of hydrogen-bond acceptors (Lipinski definition) is 5. The predicted molar refractivity (Wildman–Crippen MR) is 28.8 cm³/mol. The van der Waals surface area contributed by atoms with Crippen LogP contribution in [0.1, 0.15) is 13.8 Å². The molecule has 0 atom stereocenters. The summed E-state index contributed by atoms with van der Waals surface area (Å²) in [6.45, 7) is 1.89. The van der Waals surface area contributed by atoms with Crippen molar-refractivity contribution in [2.45, 2.75) is 13.8 Å². The zero-order chi connectivity index (χ0) is 9.23. The minimum Gasteiger partial charge on any atom is -0.549 e. The van der Waals surface area contributed by atoms with E-state index in [2.05, 4.69) is 0 Å². The summed E-state index contributed by atoms with van der Waals surface area (Å²) in [6, 6.07) is 0. The van der Waals surface area contributed by atoms with Crippen molar-refractivity contribution in [3.63, 3.8) is 0 Å². The highest BCUT2D eigenvalue weighted by atomic mass is 16.4. The normalized spacial score (nSPS) is 10.7. The van der Waals surface area contributed by atoms with E-state index < -0.39 is 23.1 Å². The van der Waals surface area contributed by atoms with Gasteiger partial charge in [0.1, 0.15) is 5.97 Å². The first kappa shape index (κ1) is 9.61. The Morgan fingerprint density at radius 2 is 1.45 bits per heavy atom. The first-order valence-electron chi connectivity index (χ1n) is 2.77. The van der Waals surface area contributed by atoms with E-state index in [4.69, 9.17) is 0 Å². The van der Waals surface area contributed by atoms with Crippen LogP contribution in [0.15, 0.2) is 0 Å². The highest BCUT2D eigenvalue weighted by Crippen LogP contribution is 2.14. The van der Waals surface area contributed by atoms with Crippen LogP contribution < -0.4 is 10.2 Å². The summed E-state index contributed by atoms with van der Waals surface area (Å²) in [4.78, 5) is 30.6. The summed E-state index contributed by atoms with van der Waals surface area (Å²) in [7, 11) is 0. The van der Waals surface area contributed by atoms with E-state index in [1.54, 1.807) is 0 Å². The molecule has 0 radical (unpaired) electrons. The fourth-order valence-electron chi connectivity index (χ4n) is 0.348. The van der Waals surface area contributed by atoms with Gasteiger partial charge in [-0.05, 0) is 13.8 Å². The third-order valence-corrected chi connectivity index (χ3v) is 1.26. The Labute approximate surface area is 62.6 Å². The quantitative estimate of drug-likeness (QED) is 0.323. The van der Waals surface area contributed by atoms with Gasteiger partial charge in [-0.15, -0.1) is 0 Å². The summed E-state index contributed by atoms with van der Waals surface area (Å²) in [5, 5.41) is 20.0. The van der Waals surface area contributed by atoms with Gasteiger partial charge < -0.3 is 19.8 Å². The van der Waals surface area contributed by atoms with Crippen LogP contribution in [-0.2, 0) is 14.4 Å². The van der Waals surface area contributed by atoms with Gasteiger partial charge in [-0.1, -0.05) is 0 Å². The molecule has 0 N–H and O–H groups in total. The van der Waals surface area contributed by atoms with Crippen molar-refractivity contribution in [1.82, 2.24) is 0 Å². The number of carboxylic acids is 2. The molecule has 0 aliphatic rings. The average molecular weight is 158 g/mol. The van der Waals surface area contributed by atoms with Gasteiger partial charge in [0.05, 0.1) is 11.4 Å². The first-order chi connectivity index (χ1) is 4.80. The molecular formula is C6H6O5-2. The molecule has 0 fully saturated rings. The Balaban J connectivity index is 4.70. The Kier molecular flexibility index (Phi) is 2.35. The molecule has 62 valence electrons. The van der Waals surface area contributed by atoms with E-state index in [0.717, 1.165) is 13.8 Å². The summed E-state index contributed by atoms with van der Waals surface area (Å²) >= 11 is 0. The van der Waals surface area contributed by atoms with Crippen LogP contribution >= 0.6 is 0 Å². The summed E-state index contributed by atoms with van der Waals surface area (Å²) in [5.41, 5.74) is -2.02. The van der Waals surface area contributed by atoms with Crippen LogP contribution in [-0.4, -0.2) is 17.7 Å². The SMILES string of the molecule is CC(C)(C(=O)[O-])C(=O)C(=O)[O-]. The minimum absolute atomic E-state index is 0.945. The largest absolute Gasteiger partial charge is 0.549 e. The van der Waals surface area contributed by atoms with Crippen LogP contribution in [0.5, 0.6) is 0 Å². The lowest BCUT2D eigenvalue weighted by atomic mass is 9.88. The molecule has 0 unspecified atom stereocenters. The molecule has 11 heavy (non-hydrogen) atoms. The second-order valence-corrected chi connectivity index (χ2v) is 2.53. The van der Waals surface area contributed by atoms with Crippen molar-refractivity contribution in [3.8, 4) is 0 Å². The topological polar surface area (TPSA) is 97.3 Å². The second-order valence-electron chi connectivity index (χ2n) is 2.53. The highest BCUT2D eigenvalue weighted by Gasteiger charge is 2.29. The predicted octanol–water partition coefficient (Wildman–Crippen LogP) is -2.92. The fraction of sp³-hybridized carbons (Fsp3) is 0.500. The number of rotatable bonds is 3. The van der Waals surface area contributed by atoms with Gasteiger partial charge in [-0.3, -0.25) is 4.79 Å². The van der Waals surface area contributed by atoms with Gasteiger partial charge in [-0.2, -0.15) is 0 Å². The van der Waals surface area contributed by atoms with Crippen LogP contribution in [0.2, 0.25) is 0 Å². The third kappa shape index (κ3) is 1.76. The van der Waals surface area contributed by atoms with E-state index in [9.17, 15) is 24.6 Å². The Morgan fingerprint density at radius 3 is 1.55 bits per heavy atom. The van der Waals surface area contributed by atoms with E-state index in [1.807, 2.05) is 0 Å².